The molecule has 0 aromatic heterocycles. The first-order valence-electron chi connectivity index (χ1n) is 19.5. The monoisotopic (exact) mass is 741 g/mol. The summed E-state index contributed by atoms with van der Waals surface area (Å²) in [5, 5.41) is 36.4. The third-order valence-electron chi connectivity index (χ3n) is 10.8. The Morgan fingerprint density at radius 2 is 1.85 bits per heavy atom. The smallest absolute Gasteiger partial charge is 0.412 e. The first-order valence-corrected chi connectivity index (χ1v) is 19.5. The molecule has 0 radical (unpaired) electrons. The van der Waals surface area contributed by atoms with E-state index >= 15 is 0 Å². The van der Waals surface area contributed by atoms with Gasteiger partial charge in [0.25, 0.3) is 0 Å². The molecule has 1 aromatic rings. The summed E-state index contributed by atoms with van der Waals surface area (Å²) >= 11 is 0. The summed E-state index contributed by atoms with van der Waals surface area (Å²) < 4.78 is 25.6. The summed E-state index contributed by atoms with van der Waals surface area (Å²) in [5.41, 5.74) is 2.52. The fourth-order valence-electron chi connectivity index (χ4n) is 8.46. The maximum atomic E-state index is 14.3. The lowest BCUT2D eigenvalue weighted by atomic mass is 9.55. The lowest BCUT2D eigenvalue weighted by Crippen LogP contribution is -2.70. The summed E-state index contributed by atoms with van der Waals surface area (Å²) in [7, 11) is 0. The van der Waals surface area contributed by atoms with E-state index in [9.17, 15) is 24.9 Å². The van der Waals surface area contributed by atoms with Gasteiger partial charge in [0.05, 0.1) is 38.1 Å². The van der Waals surface area contributed by atoms with Crippen LogP contribution in [0.25, 0.3) is 0 Å². The third-order valence-corrected chi connectivity index (χ3v) is 10.8. The number of amides is 2. The lowest BCUT2D eigenvalue weighted by molar-refractivity contribution is -0.258. The molecule has 2 fully saturated rings. The second-order valence-electron chi connectivity index (χ2n) is 14.3. The van der Waals surface area contributed by atoms with Crippen molar-refractivity contribution in [1.82, 2.24) is 10.2 Å². The number of hydrogen-bond acceptors (Lipinski definition) is 11. The summed E-state index contributed by atoms with van der Waals surface area (Å²) in [4.78, 5) is 34.5. The number of carbonyl (C=O) groups is 2. The van der Waals surface area contributed by atoms with Gasteiger partial charge in [0.1, 0.15) is 24.1 Å². The molecule has 4 N–H and O–H groups in total. The molecule has 5 rings (SSSR count). The van der Waals surface area contributed by atoms with Crippen LogP contribution in [0.5, 0.6) is 11.5 Å². The molecular formula is C40H59N3O10. The molecule has 53 heavy (non-hydrogen) atoms. The Kier molecular flexibility index (Phi) is 15.1. The molecule has 1 heterocycles. The van der Waals surface area contributed by atoms with Gasteiger partial charge >= 0.3 is 6.09 Å². The van der Waals surface area contributed by atoms with Gasteiger partial charge in [-0.15, -0.1) is 6.58 Å². The highest BCUT2D eigenvalue weighted by molar-refractivity contribution is 6.03. The van der Waals surface area contributed by atoms with E-state index in [1.54, 1.807) is 12.1 Å². The highest BCUT2D eigenvalue weighted by Crippen LogP contribution is 2.62. The molecule has 1 aliphatic heterocycles. The van der Waals surface area contributed by atoms with E-state index in [-0.39, 0.29) is 75.8 Å². The first-order chi connectivity index (χ1) is 25.9. The second kappa shape index (κ2) is 19.7. The number of aliphatic hydroxyl groups excluding tert-OH is 3. The molecule has 3 aliphatic carbocycles. The molecule has 1 aromatic carbocycles. The number of carbonyl (C=O) groups excluding carboxylic acids is 2. The van der Waals surface area contributed by atoms with Crippen molar-refractivity contribution in [1.29, 1.82) is 0 Å². The normalized spacial score (nSPS) is 26.5. The van der Waals surface area contributed by atoms with Crippen molar-refractivity contribution in [2.45, 2.75) is 89.4 Å². The van der Waals surface area contributed by atoms with E-state index in [0.29, 0.717) is 43.9 Å². The van der Waals surface area contributed by atoms with Gasteiger partial charge in [-0.25, -0.2) is 4.79 Å². The van der Waals surface area contributed by atoms with Gasteiger partial charge in [0.2, 0.25) is 11.7 Å². The number of allylic oxidation sites excluding steroid dienone is 1. The average molecular weight is 742 g/mol. The Hall–Kier alpha value is -3.49. The quantitative estimate of drug-likeness (QED) is 0.0743. The highest BCUT2D eigenvalue weighted by atomic mass is 16.7. The Morgan fingerprint density at radius 3 is 2.53 bits per heavy atom. The SMILES string of the molecule is C=CCOC12Oc3ccc(OC(=O)NCC)cc3C3C(CCCCO)C(CCCCO)C=C(C(=NOCC)CC1N(CCOCCO)C(=O)C1CC1)C32. The molecule has 6 atom stereocenters. The topological polar surface area (TPSA) is 169 Å². The molecule has 13 nitrogen and oxygen atoms in total. The third kappa shape index (κ3) is 9.43. The zero-order chi connectivity index (χ0) is 37.8. The molecule has 6 unspecified atom stereocenters. The minimum Gasteiger partial charge on any atom is -0.459 e. The van der Waals surface area contributed by atoms with Crippen LogP contribution in [0.15, 0.2) is 47.7 Å². The molecule has 0 bridgehead atoms. The van der Waals surface area contributed by atoms with Crippen molar-refractivity contribution in [3.05, 3.63) is 48.1 Å². The number of nitrogens with zero attached hydrogens (tertiary/aromatic N) is 2. The number of rotatable bonds is 22. The zero-order valence-electron chi connectivity index (χ0n) is 31.4. The first kappa shape index (κ1) is 40.7. The number of aliphatic hydroxyl groups is 3. The van der Waals surface area contributed by atoms with E-state index in [4.69, 9.17) is 28.9 Å². The molecule has 294 valence electrons. The van der Waals surface area contributed by atoms with Crippen molar-refractivity contribution in [2.24, 2.45) is 28.8 Å². The number of fused-ring (bicyclic) bond motifs is 2. The van der Waals surface area contributed by atoms with Crippen LogP contribution in [-0.2, 0) is 19.1 Å². The number of nitrogens with one attached hydrogen (secondary N) is 1. The van der Waals surface area contributed by atoms with Gasteiger partial charge in [-0.3, -0.25) is 4.79 Å². The van der Waals surface area contributed by atoms with Crippen LogP contribution in [0.4, 0.5) is 4.79 Å². The largest absolute Gasteiger partial charge is 0.459 e. The van der Waals surface area contributed by atoms with Crippen LogP contribution in [-0.4, -0.2) is 109 Å². The molecule has 0 saturated heterocycles. The van der Waals surface area contributed by atoms with Gasteiger partial charge in [-0.05, 0) is 88.0 Å². The van der Waals surface area contributed by atoms with Gasteiger partial charge in [-0.2, -0.15) is 0 Å². The molecule has 2 saturated carbocycles. The van der Waals surface area contributed by atoms with Crippen LogP contribution in [0.3, 0.4) is 0 Å². The Bertz CT molecular complexity index is 1450. The van der Waals surface area contributed by atoms with Crippen LogP contribution < -0.4 is 14.8 Å². The summed E-state index contributed by atoms with van der Waals surface area (Å²) in [6.07, 6.45) is 9.87. The van der Waals surface area contributed by atoms with E-state index in [2.05, 4.69) is 18.0 Å². The number of ether oxygens (including phenoxy) is 4. The average Bonchev–Trinajstić information content (AvgIpc) is 4.01. The maximum Gasteiger partial charge on any atom is 0.412 e. The van der Waals surface area contributed by atoms with Crippen molar-refractivity contribution in [2.75, 3.05) is 59.3 Å². The zero-order valence-corrected chi connectivity index (χ0v) is 31.4. The molecule has 4 aliphatic rings. The van der Waals surface area contributed by atoms with Crippen molar-refractivity contribution in [3.63, 3.8) is 0 Å². The number of oxime groups is 1. The number of benzene rings is 1. The molecule has 13 heteroatoms. The Morgan fingerprint density at radius 1 is 1.08 bits per heavy atom. The number of hydrogen-bond donors (Lipinski definition) is 4. The van der Waals surface area contributed by atoms with Crippen LogP contribution in [0.2, 0.25) is 0 Å². The van der Waals surface area contributed by atoms with E-state index in [0.717, 1.165) is 55.4 Å². The van der Waals surface area contributed by atoms with E-state index in [1.807, 2.05) is 30.9 Å². The van der Waals surface area contributed by atoms with Crippen molar-refractivity contribution >= 4 is 17.7 Å². The Labute approximate surface area is 313 Å². The van der Waals surface area contributed by atoms with Gasteiger partial charge in [0.15, 0.2) is 0 Å². The second-order valence-corrected chi connectivity index (χ2v) is 14.3. The van der Waals surface area contributed by atoms with Crippen LogP contribution in [0, 0.1) is 23.7 Å². The van der Waals surface area contributed by atoms with Gasteiger partial charge in [0, 0.05) is 50.1 Å². The van der Waals surface area contributed by atoms with Gasteiger partial charge < -0.3 is 49.3 Å². The summed E-state index contributed by atoms with van der Waals surface area (Å²) in [6.45, 7) is 9.30. The molecule has 0 spiro atoms. The molecular weight excluding hydrogens is 682 g/mol. The predicted molar refractivity (Wildman–Crippen MR) is 199 cm³/mol. The predicted octanol–water partition coefficient (Wildman–Crippen LogP) is 4.70. The molecule has 2 amide bonds. The Balaban J connectivity index is 1.74. The fraction of sp³-hybridized carbons (Fsp3) is 0.675. The maximum absolute atomic E-state index is 14.3. The minimum absolute atomic E-state index is 0.00110. The lowest BCUT2D eigenvalue weighted by Gasteiger charge is -2.60. The van der Waals surface area contributed by atoms with Gasteiger partial charge in [-0.1, -0.05) is 30.1 Å². The summed E-state index contributed by atoms with van der Waals surface area (Å²) in [5.74, 6) is -1.12. The summed E-state index contributed by atoms with van der Waals surface area (Å²) in [6, 6.07) is 4.78. The standard InChI is InChI=1S/C40H59N3O10/c1-4-21-50-40-35(43(17-22-49-23-20-46)38(47)27-13-14-27)26-33(42-51-6-3)31-24-28(11-7-9-18-44)30(12-8-10-19-45)36(37(31)40)32-25-29(15-16-34(32)53-40)52-39(48)41-5-2/h4,15-16,24-25,27-28,30,35-37,44-46H,1,5-14,17-23,26H2,2-3H3,(H,41,48). The minimum atomic E-state index is -1.38. The highest BCUT2D eigenvalue weighted by Gasteiger charge is 2.65. The van der Waals surface area contributed by atoms with Crippen molar-refractivity contribution < 1.29 is 48.7 Å². The van der Waals surface area contributed by atoms with Crippen molar-refractivity contribution in [3.8, 4) is 11.5 Å². The van der Waals surface area contributed by atoms with Crippen LogP contribution in [0.1, 0.15) is 83.1 Å². The van der Waals surface area contributed by atoms with E-state index < -0.39 is 23.8 Å². The fourth-order valence-corrected chi connectivity index (χ4v) is 8.46. The van der Waals surface area contributed by atoms with Crippen LogP contribution >= 0.6 is 0 Å². The number of unbranched alkanes of at least 4 members (excludes halogenated alkanes) is 2. The van der Waals surface area contributed by atoms with E-state index in [1.165, 1.54) is 0 Å².